The zero-order chi connectivity index (χ0) is 13.9. The van der Waals surface area contributed by atoms with Crippen LogP contribution in [0.25, 0.3) is 0 Å². The van der Waals surface area contributed by atoms with Crippen molar-refractivity contribution in [3.63, 3.8) is 0 Å². The monoisotopic (exact) mass is 278 g/mol. The summed E-state index contributed by atoms with van der Waals surface area (Å²) in [5.41, 5.74) is 0. The number of carbonyl (C=O) groups is 1. The Balaban J connectivity index is 1.59. The highest BCUT2D eigenvalue weighted by molar-refractivity contribution is 5.78. The van der Waals surface area contributed by atoms with Crippen molar-refractivity contribution in [2.75, 3.05) is 13.1 Å². The van der Waals surface area contributed by atoms with Gasteiger partial charge in [0, 0.05) is 6.04 Å². The molecule has 0 radical (unpaired) electrons. The van der Waals surface area contributed by atoms with Crippen molar-refractivity contribution in [2.24, 2.45) is 11.8 Å². The highest BCUT2D eigenvalue weighted by Gasteiger charge is 2.43. The van der Waals surface area contributed by atoms with Crippen LogP contribution in [0.3, 0.4) is 0 Å². The zero-order valence-corrected chi connectivity index (χ0v) is 10.9. The molecule has 6 heteroatoms. The predicted octanol–water partition coefficient (Wildman–Crippen LogP) is 2.22. The fourth-order valence-corrected chi connectivity index (χ4v) is 3.04. The average Bonchev–Trinajstić information content (AvgIpc) is 3.07. The van der Waals surface area contributed by atoms with Crippen LogP contribution in [0, 0.1) is 11.8 Å². The maximum Gasteiger partial charge on any atom is 0.401 e. The second-order valence-corrected chi connectivity index (χ2v) is 5.69. The Morgan fingerprint density at radius 2 is 1.84 bits per heavy atom. The first-order valence-corrected chi connectivity index (χ1v) is 7.02. The number of nitrogens with one attached hydrogen (secondary N) is 2. The van der Waals surface area contributed by atoms with Crippen LogP contribution in [-0.4, -0.2) is 31.2 Å². The topological polar surface area (TPSA) is 41.1 Å². The Hall–Kier alpha value is -0.780. The van der Waals surface area contributed by atoms with Gasteiger partial charge in [-0.3, -0.25) is 4.79 Å². The second-order valence-electron chi connectivity index (χ2n) is 5.69. The maximum atomic E-state index is 11.9. The van der Waals surface area contributed by atoms with Crippen LogP contribution in [0.15, 0.2) is 0 Å². The van der Waals surface area contributed by atoms with Crippen LogP contribution in [0.4, 0.5) is 13.2 Å². The smallest absolute Gasteiger partial charge is 0.352 e. The van der Waals surface area contributed by atoms with Gasteiger partial charge in [-0.1, -0.05) is 32.1 Å². The van der Waals surface area contributed by atoms with Gasteiger partial charge in [0.1, 0.15) is 0 Å². The van der Waals surface area contributed by atoms with E-state index < -0.39 is 12.7 Å². The molecule has 2 rings (SSSR count). The zero-order valence-electron chi connectivity index (χ0n) is 10.9. The van der Waals surface area contributed by atoms with E-state index in [1.807, 2.05) is 0 Å². The van der Waals surface area contributed by atoms with Crippen molar-refractivity contribution in [1.29, 1.82) is 0 Å². The SMILES string of the molecule is O=C(CNCC(F)(F)F)NC1CC1C1CCCCC1. The van der Waals surface area contributed by atoms with E-state index in [4.69, 9.17) is 0 Å². The molecule has 0 aromatic carbocycles. The summed E-state index contributed by atoms with van der Waals surface area (Å²) < 4.78 is 35.7. The van der Waals surface area contributed by atoms with Gasteiger partial charge < -0.3 is 10.6 Å². The Labute approximate surface area is 111 Å². The van der Waals surface area contributed by atoms with Gasteiger partial charge in [-0.05, 0) is 18.3 Å². The Bertz CT molecular complexity index is 314. The Morgan fingerprint density at radius 3 is 2.47 bits per heavy atom. The summed E-state index contributed by atoms with van der Waals surface area (Å²) in [5, 5.41) is 4.93. The van der Waals surface area contributed by atoms with E-state index in [-0.39, 0.29) is 18.5 Å². The number of hydrogen-bond donors (Lipinski definition) is 2. The van der Waals surface area contributed by atoms with Crippen LogP contribution in [0.1, 0.15) is 38.5 Å². The number of hydrogen-bond acceptors (Lipinski definition) is 2. The minimum absolute atomic E-state index is 0.197. The van der Waals surface area contributed by atoms with Crippen LogP contribution in [0.5, 0.6) is 0 Å². The van der Waals surface area contributed by atoms with E-state index in [0.717, 1.165) is 6.42 Å². The van der Waals surface area contributed by atoms with Crippen molar-refractivity contribution in [3.05, 3.63) is 0 Å². The van der Waals surface area contributed by atoms with Crippen LogP contribution in [-0.2, 0) is 4.79 Å². The predicted molar refractivity (Wildman–Crippen MR) is 65.5 cm³/mol. The van der Waals surface area contributed by atoms with Crippen molar-refractivity contribution < 1.29 is 18.0 Å². The van der Waals surface area contributed by atoms with Gasteiger partial charge in [0.05, 0.1) is 13.1 Å². The van der Waals surface area contributed by atoms with E-state index in [9.17, 15) is 18.0 Å². The number of rotatable bonds is 5. The number of carbonyl (C=O) groups excluding carboxylic acids is 1. The summed E-state index contributed by atoms with van der Waals surface area (Å²) >= 11 is 0. The van der Waals surface area contributed by atoms with Crippen LogP contribution < -0.4 is 10.6 Å². The molecule has 2 unspecified atom stereocenters. The summed E-state index contributed by atoms with van der Waals surface area (Å²) in [5.74, 6) is 0.946. The van der Waals surface area contributed by atoms with Crippen LogP contribution in [0.2, 0.25) is 0 Å². The molecule has 2 saturated carbocycles. The first-order chi connectivity index (χ1) is 8.96. The van der Waals surface area contributed by atoms with E-state index >= 15 is 0 Å². The van der Waals surface area contributed by atoms with Crippen molar-refractivity contribution in [3.8, 4) is 0 Å². The largest absolute Gasteiger partial charge is 0.401 e. The number of alkyl halides is 3. The lowest BCUT2D eigenvalue weighted by molar-refractivity contribution is -0.128. The highest BCUT2D eigenvalue weighted by atomic mass is 19.4. The molecule has 2 fully saturated rings. The molecule has 19 heavy (non-hydrogen) atoms. The summed E-state index contributed by atoms with van der Waals surface area (Å²) in [6, 6.07) is 0.197. The van der Waals surface area contributed by atoms with E-state index in [0.29, 0.717) is 11.8 Å². The van der Waals surface area contributed by atoms with E-state index in [1.165, 1.54) is 32.1 Å². The molecule has 2 aliphatic carbocycles. The summed E-state index contributed by atoms with van der Waals surface area (Å²) in [7, 11) is 0. The average molecular weight is 278 g/mol. The molecule has 2 aliphatic rings. The van der Waals surface area contributed by atoms with Gasteiger partial charge in [0.15, 0.2) is 0 Å². The van der Waals surface area contributed by atoms with Crippen molar-refractivity contribution in [2.45, 2.75) is 50.7 Å². The van der Waals surface area contributed by atoms with Gasteiger partial charge in [-0.15, -0.1) is 0 Å². The molecular weight excluding hydrogens is 257 g/mol. The lowest BCUT2D eigenvalue weighted by Gasteiger charge is -2.21. The molecule has 1 amide bonds. The molecule has 0 heterocycles. The molecule has 0 aromatic heterocycles. The van der Waals surface area contributed by atoms with Gasteiger partial charge in [-0.25, -0.2) is 0 Å². The van der Waals surface area contributed by atoms with Gasteiger partial charge in [0.2, 0.25) is 5.91 Å². The second kappa shape index (κ2) is 6.11. The normalized spacial score (nSPS) is 28.2. The summed E-state index contributed by atoms with van der Waals surface area (Å²) in [4.78, 5) is 11.5. The third-order valence-electron chi connectivity index (χ3n) is 4.05. The third kappa shape index (κ3) is 5.01. The molecule has 0 aliphatic heterocycles. The standard InChI is InChI=1S/C13H21F3N2O/c14-13(15,16)8-17-7-12(19)18-11-6-10(11)9-4-2-1-3-5-9/h9-11,17H,1-8H2,(H,18,19). The summed E-state index contributed by atoms with van der Waals surface area (Å²) in [6.45, 7) is -1.37. The lowest BCUT2D eigenvalue weighted by Crippen LogP contribution is -2.39. The van der Waals surface area contributed by atoms with E-state index in [1.54, 1.807) is 0 Å². The minimum atomic E-state index is -4.26. The fourth-order valence-electron chi connectivity index (χ4n) is 3.04. The molecule has 0 bridgehead atoms. The molecule has 2 N–H and O–H groups in total. The molecule has 0 spiro atoms. The molecule has 110 valence electrons. The maximum absolute atomic E-state index is 11.9. The minimum Gasteiger partial charge on any atom is -0.352 e. The number of halogens is 3. The van der Waals surface area contributed by atoms with Crippen LogP contribution >= 0.6 is 0 Å². The lowest BCUT2D eigenvalue weighted by atomic mass is 9.85. The highest BCUT2D eigenvalue weighted by Crippen LogP contribution is 2.44. The first kappa shape index (κ1) is 14.6. The van der Waals surface area contributed by atoms with Crippen molar-refractivity contribution >= 4 is 5.91 Å². The number of amides is 1. The van der Waals surface area contributed by atoms with E-state index in [2.05, 4.69) is 10.6 Å². The van der Waals surface area contributed by atoms with Gasteiger partial charge >= 0.3 is 6.18 Å². The Morgan fingerprint density at radius 1 is 1.16 bits per heavy atom. The molecular formula is C13H21F3N2O. The summed E-state index contributed by atoms with van der Waals surface area (Å²) in [6.07, 6.45) is 3.07. The quantitative estimate of drug-likeness (QED) is 0.809. The molecule has 0 aromatic rings. The fraction of sp³-hybridized carbons (Fsp3) is 0.923. The molecule has 3 nitrogen and oxygen atoms in total. The van der Waals surface area contributed by atoms with Gasteiger partial charge in [-0.2, -0.15) is 13.2 Å². The Kier molecular flexibility index (Phi) is 4.71. The first-order valence-electron chi connectivity index (χ1n) is 7.02. The van der Waals surface area contributed by atoms with Crippen molar-refractivity contribution in [1.82, 2.24) is 10.6 Å². The molecule has 2 atom stereocenters. The molecule has 0 saturated heterocycles. The van der Waals surface area contributed by atoms with Gasteiger partial charge in [0.25, 0.3) is 0 Å². The third-order valence-corrected chi connectivity index (χ3v) is 4.05.